The second kappa shape index (κ2) is 8.35. The number of carbonyl (C=O) groups is 1. The normalized spacial score (nSPS) is 16.1. The van der Waals surface area contributed by atoms with E-state index in [1.807, 2.05) is 0 Å². The number of hydrogen-bond acceptors (Lipinski definition) is 4. The minimum atomic E-state index is -0.347. The summed E-state index contributed by atoms with van der Waals surface area (Å²) >= 11 is 0. The first-order valence-electron chi connectivity index (χ1n) is 9.88. The van der Waals surface area contributed by atoms with E-state index < -0.39 is 0 Å². The number of morpholine rings is 1. The van der Waals surface area contributed by atoms with Gasteiger partial charge in [0.05, 0.1) is 19.3 Å². The Kier molecular flexibility index (Phi) is 5.65. The van der Waals surface area contributed by atoms with Crippen molar-refractivity contribution in [2.45, 2.75) is 19.9 Å². The molecule has 152 valence electrons. The summed E-state index contributed by atoms with van der Waals surface area (Å²) in [6.45, 7) is 7.29. The predicted octanol–water partition coefficient (Wildman–Crippen LogP) is 3.99. The zero-order chi connectivity index (χ0) is 20.4. The van der Waals surface area contributed by atoms with E-state index in [9.17, 15) is 9.18 Å². The van der Waals surface area contributed by atoms with Gasteiger partial charge >= 0.3 is 0 Å². The summed E-state index contributed by atoms with van der Waals surface area (Å²) in [5.41, 5.74) is 3.51. The van der Waals surface area contributed by atoms with Gasteiger partial charge in [-0.15, -0.1) is 0 Å². The minimum Gasteiger partial charge on any atom is -0.451 e. The Morgan fingerprint density at radius 2 is 1.86 bits per heavy atom. The fourth-order valence-corrected chi connectivity index (χ4v) is 3.81. The van der Waals surface area contributed by atoms with E-state index >= 15 is 0 Å². The fourth-order valence-electron chi connectivity index (χ4n) is 3.81. The van der Waals surface area contributed by atoms with E-state index in [0.29, 0.717) is 36.3 Å². The Balaban J connectivity index is 1.54. The molecule has 29 heavy (non-hydrogen) atoms. The van der Waals surface area contributed by atoms with E-state index in [2.05, 4.69) is 41.4 Å². The van der Waals surface area contributed by atoms with E-state index in [1.54, 1.807) is 13.0 Å². The number of rotatable bonds is 5. The molecule has 2 aromatic carbocycles. The zero-order valence-corrected chi connectivity index (χ0v) is 16.7. The van der Waals surface area contributed by atoms with Crippen molar-refractivity contribution in [2.75, 3.05) is 32.8 Å². The van der Waals surface area contributed by atoms with Crippen LogP contribution < -0.4 is 5.32 Å². The van der Waals surface area contributed by atoms with Crippen LogP contribution in [0.3, 0.4) is 0 Å². The highest BCUT2D eigenvalue weighted by molar-refractivity contribution is 5.98. The highest BCUT2D eigenvalue weighted by atomic mass is 19.1. The van der Waals surface area contributed by atoms with Crippen LogP contribution in [0.1, 0.15) is 33.3 Å². The third-order valence-electron chi connectivity index (χ3n) is 5.51. The maximum atomic E-state index is 13.5. The smallest absolute Gasteiger partial charge is 0.287 e. The molecule has 0 spiro atoms. The van der Waals surface area contributed by atoms with Crippen LogP contribution in [0.25, 0.3) is 11.0 Å². The van der Waals surface area contributed by atoms with Gasteiger partial charge < -0.3 is 14.5 Å². The third kappa shape index (κ3) is 4.18. The first-order chi connectivity index (χ1) is 14.0. The molecular formula is C23H25FN2O3. The summed E-state index contributed by atoms with van der Waals surface area (Å²) < 4.78 is 24.7. The molecule has 1 N–H and O–H groups in total. The third-order valence-corrected chi connectivity index (χ3v) is 5.51. The van der Waals surface area contributed by atoms with Crippen LogP contribution in [-0.4, -0.2) is 43.7 Å². The van der Waals surface area contributed by atoms with E-state index in [1.165, 1.54) is 17.7 Å². The average Bonchev–Trinajstić information content (AvgIpc) is 3.06. The van der Waals surface area contributed by atoms with Crippen LogP contribution in [0.4, 0.5) is 4.39 Å². The number of fused-ring (bicyclic) bond motifs is 1. The number of furan rings is 1. The Bertz CT molecular complexity index is 1010. The SMILES string of the molecule is Cc1ccc([C@H](CNC(=O)c2oc3ccc(F)cc3c2C)N2CCOCC2)cc1. The molecule has 1 aliphatic heterocycles. The van der Waals surface area contributed by atoms with Crippen molar-refractivity contribution in [2.24, 2.45) is 0 Å². The van der Waals surface area contributed by atoms with Crippen LogP contribution in [0.5, 0.6) is 0 Å². The van der Waals surface area contributed by atoms with E-state index in [4.69, 9.17) is 9.15 Å². The molecule has 1 saturated heterocycles. The van der Waals surface area contributed by atoms with Crippen molar-refractivity contribution in [3.63, 3.8) is 0 Å². The summed E-state index contributed by atoms with van der Waals surface area (Å²) in [5, 5.41) is 3.64. The molecule has 0 unspecified atom stereocenters. The van der Waals surface area contributed by atoms with Gasteiger partial charge in [-0.2, -0.15) is 0 Å². The summed E-state index contributed by atoms with van der Waals surface area (Å²) in [7, 11) is 0. The first kappa shape index (κ1) is 19.6. The second-order valence-corrected chi connectivity index (χ2v) is 7.48. The van der Waals surface area contributed by atoms with Crippen molar-refractivity contribution >= 4 is 16.9 Å². The summed E-state index contributed by atoms with van der Waals surface area (Å²) in [4.78, 5) is 15.2. The molecule has 0 bridgehead atoms. The summed E-state index contributed by atoms with van der Waals surface area (Å²) in [6.07, 6.45) is 0. The number of aryl methyl sites for hydroxylation is 2. The molecule has 0 aliphatic carbocycles. The molecule has 0 radical (unpaired) electrons. The second-order valence-electron chi connectivity index (χ2n) is 7.48. The standard InChI is InChI=1S/C23H25FN2O3/c1-15-3-5-17(6-4-15)20(26-9-11-28-12-10-26)14-25-23(27)22-16(2)19-13-18(24)7-8-21(19)29-22/h3-8,13,20H,9-12,14H2,1-2H3,(H,25,27)/t20-/m0/s1. The van der Waals surface area contributed by atoms with Gasteiger partial charge in [-0.25, -0.2) is 4.39 Å². The number of hydrogen-bond donors (Lipinski definition) is 1. The topological polar surface area (TPSA) is 54.7 Å². The van der Waals surface area contributed by atoms with Crippen molar-refractivity contribution in [3.05, 3.63) is 70.7 Å². The number of nitrogens with one attached hydrogen (secondary N) is 1. The Morgan fingerprint density at radius 1 is 1.14 bits per heavy atom. The van der Waals surface area contributed by atoms with Gasteiger partial charge in [0, 0.05) is 30.6 Å². The Labute approximate surface area is 169 Å². The molecule has 5 nitrogen and oxygen atoms in total. The molecular weight excluding hydrogens is 371 g/mol. The average molecular weight is 396 g/mol. The number of carbonyl (C=O) groups excluding carboxylic acids is 1. The van der Waals surface area contributed by atoms with Crippen LogP contribution in [0, 0.1) is 19.7 Å². The van der Waals surface area contributed by atoms with Gasteiger partial charge in [-0.3, -0.25) is 9.69 Å². The number of benzene rings is 2. The maximum absolute atomic E-state index is 13.5. The van der Waals surface area contributed by atoms with Crippen LogP contribution in [0.2, 0.25) is 0 Å². The molecule has 1 atom stereocenters. The number of halogens is 1. The molecule has 6 heteroatoms. The zero-order valence-electron chi connectivity index (χ0n) is 16.7. The van der Waals surface area contributed by atoms with Crippen LogP contribution >= 0.6 is 0 Å². The lowest BCUT2D eigenvalue weighted by atomic mass is 10.0. The minimum absolute atomic E-state index is 0.0468. The van der Waals surface area contributed by atoms with Crippen molar-refractivity contribution in [1.29, 1.82) is 0 Å². The van der Waals surface area contributed by atoms with Crippen LogP contribution in [-0.2, 0) is 4.74 Å². The fraction of sp³-hybridized carbons (Fsp3) is 0.348. The Hall–Kier alpha value is -2.70. The van der Waals surface area contributed by atoms with Crippen molar-refractivity contribution < 1.29 is 18.3 Å². The van der Waals surface area contributed by atoms with Gasteiger partial charge in [0.25, 0.3) is 5.91 Å². The van der Waals surface area contributed by atoms with E-state index in [0.717, 1.165) is 18.7 Å². The van der Waals surface area contributed by atoms with Gasteiger partial charge in [0.1, 0.15) is 11.4 Å². The summed E-state index contributed by atoms with van der Waals surface area (Å²) in [6, 6.07) is 12.7. The van der Waals surface area contributed by atoms with Gasteiger partial charge in [-0.1, -0.05) is 29.8 Å². The van der Waals surface area contributed by atoms with E-state index in [-0.39, 0.29) is 23.5 Å². The largest absolute Gasteiger partial charge is 0.451 e. The monoisotopic (exact) mass is 396 g/mol. The summed E-state index contributed by atoms with van der Waals surface area (Å²) in [5.74, 6) is -0.403. The molecule has 4 rings (SSSR count). The van der Waals surface area contributed by atoms with Crippen molar-refractivity contribution in [3.8, 4) is 0 Å². The van der Waals surface area contributed by atoms with Gasteiger partial charge in [0.15, 0.2) is 5.76 Å². The first-order valence-corrected chi connectivity index (χ1v) is 9.88. The molecule has 2 heterocycles. The van der Waals surface area contributed by atoms with Gasteiger partial charge in [0.2, 0.25) is 0 Å². The molecule has 1 amide bonds. The highest BCUT2D eigenvalue weighted by Crippen LogP contribution is 2.27. The molecule has 0 saturated carbocycles. The maximum Gasteiger partial charge on any atom is 0.287 e. The predicted molar refractivity (Wildman–Crippen MR) is 110 cm³/mol. The quantitative estimate of drug-likeness (QED) is 0.709. The Morgan fingerprint density at radius 3 is 2.59 bits per heavy atom. The van der Waals surface area contributed by atoms with Crippen molar-refractivity contribution in [1.82, 2.24) is 10.2 Å². The molecule has 1 aromatic heterocycles. The number of ether oxygens (including phenoxy) is 1. The number of amides is 1. The lowest BCUT2D eigenvalue weighted by molar-refractivity contribution is 0.0161. The molecule has 1 fully saturated rings. The lowest BCUT2D eigenvalue weighted by Gasteiger charge is -2.35. The molecule has 1 aliphatic rings. The highest BCUT2D eigenvalue weighted by Gasteiger charge is 2.25. The van der Waals surface area contributed by atoms with Gasteiger partial charge in [-0.05, 0) is 37.6 Å². The van der Waals surface area contributed by atoms with Crippen LogP contribution in [0.15, 0.2) is 46.9 Å². The lowest BCUT2D eigenvalue weighted by Crippen LogP contribution is -2.43. The number of nitrogens with zero attached hydrogens (tertiary/aromatic N) is 1. The molecule has 3 aromatic rings.